The van der Waals surface area contributed by atoms with Crippen LogP contribution in [0, 0.1) is 5.92 Å². The van der Waals surface area contributed by atoms with Gasteiger partial charge in [0.2, 0.25) is 0 Å². The van der Waals surface area contributed by atoms with Crippen molar-refractivity contribution in [1.82, 2.24) is 4.90 Å². The van der Waals surface area contributed by atoms with E-state index in [1.165, 1.54) is 25.8 Å². The van der Waals surface area contributed by atoms with Crippen LogP contribution in [-0.4, -0.2) is 29.5 Å². The molecule has 0 aromatic carbocycles. The monoisotopic (exact) mass is 186 g/mol. The lowest BCUT2D eigenvalue weighted by molar-refractivity contribution is 0.299. The molecule has 70 valence electrons. The normalized spacial score (nSPS) is 16.8. The summed E-state index contributed by atoms with van der Waals surface area (Å²) in [7, 11) is 0. The molecule has 0 amide bonds. The van der Waals surface area contributed by atoms with Crippen molar-refractivity contribution in [1.29, 1.82) is 0 Å². The summed E-state index contributed by atoms with van der Waals surface area (Å²) in [4.78, 5) is 3.00. The average molecular weight is 186 g/mol. The Labute approximate surface area is 80.1 Å². The Morgan fingerprint density at radius 2 is 2.25 bits per heavy atom. The number of rotatable bonds is 6. The first-order valence-corrected chi connectivity index (χ1v) is 5.14. The van der Waals surface area contributed by atoms with E-state index in [4.69, 9.17) is 18.0 Å². The second kappa shape index (κ2) is 4.77. The Morgan fingerprint density at radius 1 is 1.58 bits per heavy atom. The SMILES string of the molecule is CCCN(CC(N)=S)CC1CC1. The predicted molar refractivity (Wildman–Crippen MR) is 56.2 cm³/mol. The third-order valence-corrected chi connectivity index (χ3v) is 2.26. The van der Waals surface area contributed by atoms with E-state index < -0.39 is 0 Å². The van der Waals surface area contributed by atoms with Crippen molar-refractivity contribution in [2.24, 2.45) is 11.7 Å². The number of nitrogens with two attached hydrogens (primary N) is 1. The zero-order valence-corrected chi connectivity index (χ0v) is 8.57. The van der Waals surface area contributed by atoms with Gasteiger partial charge in [-0.15, -0.1) is 0 Å². The average Bonchev–Trinajstić information content (AvgIpc) is 2.70. The van der Waals surface area contributed by atoms with E-state index in [2.05, 4.69) is 11.8 Å². The van der Waals surface area contributed by atoms with E-state index in [1.807, 2.05) is 0 Å². The maximum atomic E-state index is 5.51. The summed E-state index contributed by atoms with van der Waals surface area (Å²) < 4.78 is 0. The van der Waals surface area contributed by atoms with E-state index in [-0.39, 0.29) is 0 Å². The highest BCUT2D eigenvalue weighted by Crippen LogP contribution is 2.29. The summed E-state index contributed by atoms with van der Waals surface area (Å²) in [5, 5.41) is 0. The van der Waals surface area contributed by atoms with Gasteiger partial charge in [-0.25, -0.2) is 0 Å². The van der Waals surface area contributed by atoms with Gasteiger partial charge in [0.25, 0.3) is 0 Å². The van der Waals surface area contributed by atoms with E-state index >= 15 is 0 Å². The van der Waals surface area contributed by atoms with Crippen molar-refractivity contribution >= 4 is 17.2 Å². The van der Waals surface area contributed by atoms with Gasteiger partial charge < -0.3 is 5.73 Å². The lowest BCUT2D eigenvalue weighted by atomic mass is 10.3. The van der Waals surface area contributed by atoms with Gasteiger partial charge in [-0.2, -0.15) is 0 Å². The molecule has 1 saturated carbocycles. The fourth-order valence-corrected chi connectivity index (χ4v) is 1.62. The van der Waals surface area contributed by atoms with Crippen LogP contribution in [0.1, 0.15) is 26.2 Å². The van der Waals surface area contributed by atoms with Crippen LogP contribution in [0.4, 0.5) is 0 Å². The molecule has 0 saturated heterocycles. The number of thiocarbonyl (C=S) groups is 1. The standard InChI is InChI=1S/C9H18N2S/c1-2-5-11(7-9(10)12)6-8-3-4-8/h8H,2-7H2,1H3,(H2,10,12). The fraction of sp³-hybridized carbons (Fsp3) is 0.889. The van der Waals surface area contributed by atoms with Crippen LogP contribution in [0.3, 0.4) is 0 Å². The first-order valence-electron chi connectivity index (χ1n) is 4.73. The van der Waals surface area contributed by atoms with E-state index in [9.17, 15) is 0 Å². The molecule has 0 spiro atoms. The minimum absolute atomic E-state index is 0.629. The molecular formula is C9H18N2S. The van der Waals surface area contributed by atoms with Crippen molar-refractivity contribution in [2.75, 3.05) is 19.6 Å². The molecule has 2 N–H and O–H groups in total. The zero-order chi connectivity index (χ0) is 8.97. The zero-order valence-electron chi connectivity index (χ0n) is 7.75. The van der Waals surface area contributed by atoms with E-state index in [0.717, 1.165) is 19.0 Å². The molecule has 0 heterocycles. The molecular weight excluding hydrogens is 168 g/mol. The molecule has 0 bridgehead atoms. The molecule has 0 unspecified atom stereocenters. The minimum atomic E-state index is 0.629. The first-order chi connectivity index (χ1) is 5.72. The molecule has 1 rings (SSSR count). The molecule has 12 heavy (non-hydrogen) atoms. The summed E-state index contributed by atoms with van der Waals surface area (Å²) in [6, 6.07) is 0. The molecule has 0 atom stereocenters. The summed E-state index contributed by atoms with van der Waals surface area (Å²) >= 11 is 4.90. The van der Waals surface area contributed by atoms with Crippen LogP contribution in [0.25, 0.3) is 0 Å². The van der Waals surface area contributed by atoms with Crippen molar-refractivity contribution in [3.63, 3.8) is 0 Å². The number of hydrogen-bond donors (Lipinski definition) is 1. The Bertz CT molecular complexity index is 155. The summed E-state index contributed by atoms with van der Waals surface area (Å²) in [6.07, 6.45) is 3.99. The molecule has 0 radical (unpaired) electrons. The third kappa shape index (κ3) is 4.02. The number of nitrogens with zero attached hydrogens (tertiary/aromatic N) is 1. The first kappa shape index (κ1) is 9.93. The molecule has 0 aliphatic heterocycles. The van der Waals surface area contributed by atoms with Gasteiger partial charge in [0.05, 0.1) is 4.99 Å². The smallest absolute Gasteiger partial charge is 0.0870 e. The lowest BCUT2D eigenvalue weighted by Gasteiger charge is -2.20. The molecule has 1 aliphatic rings. The highest BCUT2D eigenvalue weighted by molar-refractivity contribution is 7.80. The molecule has 3 heteroatoms. The van der Waals surface area contributed by atoms with Crippen LogP contribution in [0.2, 0.25) is 0 Å². The highest BCUT2D eigenvalue weighted by Gasteiger charge is 2.23. The largest absolute Gasteiger partial charge is 0.392 e. The van der Waals surface area contributed by atoms with Gasteiger partial charge >= 0.3 is 0 Å². The minimum Gasteiger partial charge on any atom is -0.392 e. The topological polar surface area (TPSA) is 29.3 Å². The molecule has 1 fully saturated rings. The molecule has 2 nitrogen and oxygen atoms in total. The van der Waals surface area contributed by atoms with Crippen LogP contribution in [0.5, 0.6) is 0 Å². The lowest BCUT2D eigenvalue weighted by Crippen LogP contribution is -2.34. The molecule has 0 aromatic heterocycles. The summed E-state index contributed by atoms with van der Waals surface area (Å²) in [5.41, 5.74) is 5.51. The van der Waals surface area contributed by atoms with Crippen molar-refractivity contribution in [2.45, 2.75) is 26.2 Å². The molecule has 1 aliphatic carbocycles. The van der Waals surface area contributed by atoms with Crippen molar-refractivity contribution in [3.8, 4) is 0 Å². The van der Waals surface area contributed by atoms with E-state index in [1.54, 1.807) is 0 Å². The van der Waals surface area contributed by atoms with Crippen molar-refractivity contribution in [3.05, 3.63) is 0 Å². The summed E-state index contributed by atoms with van der Waals surface area (Å²) in [6.45, 7) is 5.33. The van der Waals surface area contributed by atoms with Crippen molar-refractivity contribution < 1.29 is 0 Å². The fourth-order valence-electron chi connectivity index (χ4n) is 1.44. The molecule has 0 aromatic rings. The van der Waals surface area contributed by atoms with Gasteiger partial charge in [-0.3, -0.25) is 4.90 Å². The van der Waals surface area contributed by atoms with Crippen LogP contribution in [-0.2, 0) is 0 Å². The second-order valence-electron chi connectivity index (χ2n) is 3.64. The Kier molecular flexibility index (Phi) is 3.95. The van der Waals surface area contributed by atoms with Crippen LogP contribution < -0.4 is 5.73 Å². The van der Waals surface area contributed by atoms with Gasteiger partial charge in [0.15, 0.2) is 0 Å². The maximum Gasteiger partial charge on any atom is 0.0870 e. The highest BCUT2D eigenvalue weighted by atomic mass is 32.1. The Morgan fingerprint density at radius 3 is 2.67 bits per heavy atom. The maximum absolute atomic E-state index is 5.51. The van der Waals surface area contributed by atoms with E-state index in [0.29, 0.717) is 4.99 Å². The van der Waals surface area contributed by atoms with Crippen LogP contribution in [0.15, 0.2) is 0 Å². The Hall–Kier alpha value is -0.150. The predicted octanol–water partition coefficient (Wildman–Crippen LogP) is 1.39. The van der Waals surface area contributed by atoms with Gasteiger partial charge in [-0.1, -0.05) is 19.1 Å². The van der Waals surface area contributed by atoms with Gasteiger partial charge in [0, 0.05) is 13.1 Å². The van der Waals surface area contributed by atoms with Gasteiger partial charge in [-0.05, 0) is 31.7 Å². The number of hydrogen-bond acceptors (Lipinski definition) is 2. The third-order valence-electron chi connectivity index (χ3n) is 2.13. The van der Waals surface area contributed by atoms with Crippen LogP contribution >= 0.6 is 12.2 Å². The van der Waals surface area contributed by atoms with Gasteiger partial charge in [0.1, 0.15) is 0 Å². The second-order valence-corrected chi connectivity index (χ2v) is 4.17. The quantitative estimate of drug-likeness (QED) is 0.636. The summed E-state index contributed by atoms with van der Waals surface area (Å²) in [5.74, 6) is 0.936. The Balaban J connectivity index is 2.20.